The highest BCUT2D eigenvalue weighted by atomic mass is 79.9. The van der Waals surface area contributed by atoms with E-state index >= 15 is 0 Å². The van der Waals surface area contributed by atoms with Gasteiger partial charge in [-0.1, -0.05) is 82.8 Å². The third kappa shape index (κ3) is 10.0. The van der Waals surface area contributed by atoms with Crippen molar-refractivity contribution in [3.63, 3.8) is 0 Å². The number of ether oxygens (including phenoxy) is 3. The van der Waals surface area contributed by atoms with Crippen molar-refractivity contribution < 1.29 is 23.8 Å². The molecule has 8 nitrogen and oxygen atoms in total. The average molecular weight is 768 g/mol. The number of rotatable bonds is 13. The number of nitrogens with zero attached hydrogens (tertiary/aromatic N) is 1. The molecule has 0 aromatic heterocycles. The zero-order chi connectivity index (χ0) is 33.2. The fourth-order valence-corrected chi connectivity index (χ4v) is 5.64. The summed E-state index contributed by atoms with van der Waals surface area (Å²) in [6.07, 6.45) is 0.695. The van der Waals surface area contributed by atoms with Gasteiger partial charge in [0.1, 0.15) is 18.4 Å². The maximum Gasteiger partial charge on any atom is 0.262 e. The topological polar surface area (TPSA) is 98.2 Å². The Balaban J connectivity index is 1.44. The molecule has 4 aromatic carbocycles. The molecule has 0 saturated carbocycles. The van der Waals surface area contributed by atoms with Crippen molar-refractivity contribution in [2.75, 3.05) is 7.11 Å². The second kappa shape index (κ2) is 16.9. The van der Waals surface area contributed by atoms with E-state index in [2.05, 4.69) is 31.8 Å². The third-order valence-electron chi connectivity index (χ3n) is 6.51. The van der Waals surface area contributed by atoms with Crippen molar-refractivity contribution in [1.82, 2.24) is 10.7 Å². The molecular weight excluding hydrogens is 740 g/mol. The lowest BCUT2D eigenvalue weighted by atomic mass is 10.1. The third-order valence-corrected chi connectivity index (χ3v) is 8.22. The van der Waals surface area contributed by atoms with Crippen LogP contribution in [0.1, 0.15) is 23.6 Å². The van der Waals surface area contributed by atoms with Crippen molar-refractivity contribution in [3.8, 4) is 17.2 Å². The van der Waals surface area contributed by atoms with Crippen LogP contribution >= 0.6 is 62.3 Å². The molecule has 2 amide bonds. The highest BCUT2D eigenvalue weighted by molar-refractivity contribution is 9.10. The van der Waals surface area contributed by atoms with Crippen LogP contribution in [-0.2, 0) is 22.6 Å². The van der Waals surface area contributed by atoms with Gasteiger partial charge in [0.25, 0.3) is 11.8 Å². The first-order valence-corrected chi connectivity index (χ1v) is 16.1. The van der Waals surface area contributed by atoms with Gasteiger partial charge >= 0.3 is 0 Å². The smallest absolute Gasteiger partial charge is 0.262 e. The monoisotopic (exact) mass is 765 g/mol. The lowest BCUT2D eigenvalue weighted by Gasteiger charge is -2.21. The maximum atomic E-state index is 13.3. The molecule has 0 fully saturated rings. The van der Waals surface area contributed by atoms with Gasteiger partial charge in [-0.05, 0) is 76.4 Å². The fraction of sp³-hybridized carbons (Fsp3) is 0.182. The van der Waals surface area contributed by atoms with E-state index in [1.54, 1.807) is 49.4 Å². The summed E-state index contributed by atoms with van der Waals surface area (Å²) in [6, 6.07) is 21.6. The number of benzene rings is 4. The van der Waals surface area contributed by atoms with Gasteiger partial charge in [-0.2, -0.15) is 5.10 Å². The largest absolute Gasteiger partial charge is 0.493 e. The molecule has 0 aliphatic carbocycles. The number of hydrogen-bond acceptors (Lipinski definition) is 6. The summed E-state index contributed by atoms with van der Waals surface area (Å²) in [5, 5.41) is 8.58. The van der Waals surface area contributed by atoms with Crippen molar-refractivity contribution in [2.45, 2.75) is 32.1 Å². The maximum absolute atomic E-state index is 13.3. The molecule has 0 bridgehead atoms. The van der Waals surface area contributed by atoms with Crippen molar-refractivity contribution in [1.29, 1.82) is 0 Å². The Labute approximate surface area is 295 Å². The van der Waals surface area contributed by atoms with Crippen LogP contribution in [0.5, 0.6) is 17.2 Å². The Morgan fingerprint density at radius 3 is 2.26 bits per heavy atom. The Kier molecular flexibility index (Phi) is 13.0. The Bertz CT molecular complexity index is 1730. The van der Waals surface area contributed by atoms with Crippen molar-refractivity contribution in [3.05, 3.63) is 120 Å². The summed E-state index contributed by atoms with van der Waals surface area (Å²) in [5.74, 6) is 0.119. The normalized spacial score (nSPS) is 12.3. The van der Waals surface area contributed by atoms with Gasteiger partial charge in [0.2, 0.25) is 0 Å². The molecule has 0 spiro atoms. The highest BCUT2D eigenvalue weighted by Crippen LogP contribution is 2.37. The minimum absolute atomic E-state index is 0.180. The molecule has 4 aromatic rings. The first-order chi connectivity index (χ1) is 22.0. The predicted molar refractivity (Wildman–Crippen MR) is 186 cm³/mol. The van der Waals surface area contributed by atoms with Gasteiger partial charge in [0.05, 0.1) is 22.8 Å². The minimum atomic E-state index is -0.963. The van der Waals surface area contributed by atoms with Gasteiger partial charge in [-0.25, -0.2) is 5.43 Å². The van der Waals surface area contributed by atoms with E-state index in [-0.39, 0.29) is 23.8 Å². The number of nitrogens with one attached hydrogen (secondary N) is 2. The van der Waals surface area contributed by atoms with E-state index in [9.17, 15) is 9.59 Å². The molecule has 13 heteroatoms. The van der Waals surface area contributed by atoms with E-state index in [0.717, 1.165) is 11.1 Å². The van der Waals surface area contributed by atoms with Crippen LogP contribution in [0.25, 0.3) is 0 Å². The highest BCUT2D eigenvalue weighted by Gasteiger charge is 2.25. The van der Waals surface area contributed by atoms with Crippen LogP contribution < -0.4 is 25.0 Å². The van der Waals surface area contributed by atoms with Gasteiger partial charge in [0, 0.05) is 27.1 Å². The first-order valence-electron chi connectivity index (χ1n) is 13.8. The number of hydrogen-bond donors (Lipinski definition) is 2. The summed E-state index contributed by atoms with van der Waals surface area (Å²) in [7, 11) is 1.51. The van der Waals surface area contributed by atoms with Crippen LogP contribution in [-0.4, -0.2) is 37.3 Å². The molecule has 0 radical (unpaired) electrons. The van der Waals surface area contributed by atoms with E-state index in [1.807, 2.05) is 30.3 Å². The summed E-state index contributed by atoms with van der Waals surface area (Å²) in [6.45, 7) is 1.73. The summed E-state index contributed by atoms with van der Waals surface area (Å²) >= 11 is 27.9. The average Bonchev–Trinajstić information content (AvgIpc) is 3.02. The second-order valence-electron chi connectivity index (χ2n) is 9.88. The molecule has 4 rings (SSSR count). The molecule has 0 aliphatic rings. The van der Waals surface area contributed by atoms with Crippen LogP contribution in [0, 0.1) is 0 Å². The van der Waals surface area contributed by atoms with Crippen LogP contribution in [0.2, 0.25) is 20.1 Å². The molecule has 0 aliphatic heterocycles. The molecule has 0 unspecified atom stereocenters. The van der Waals surface area contributed by atoms with Gasteiger partial charge in [-0.3, -0.25) is 9.59 Å². The molecule has 46 heavy (non-hydrogen) atoms. The quantitative estimate of drug-likeness (QED) is 0.105. The number of hydrazone groups is 1. The molecule has 2 N–H and O–H groups in total. The number of methoxy groups -OCH3 is 1. The Morgan fingerprint density at radius 1 is 0.891 bits per heavy atom. The molecule has 0 heterocycles. The molecular formula is C33H28BrCl4N3O5. The van der Waals surface area contributed by atoms with E-state index < -0.39 is 24.0 Å². The van der Waals surface area contributed by atoms with Crippen molar-refractivity contribution in [2.24, 2.45) is 5.10 Å². The van der Waals surface area contributed by atoms with Gasteiger partial charge < -0.3 is 19.5 Å². The lowest BCUT2D eigenvalue weighted by Crippen LogP contribution is -2.50. The number of halogens is 5. The lowest BCUT2D eigenvalue weighted by molar-refractivity contribution is -0.132. The fourth-order valence-electron chi connectivity index (χ4n) is 4.15. The van der Waals surface area contributed by atoms with E-state index in [4.69, 9.17) is 60.6 Å². The molecule has 0 saturated heterocycles. The van der Waals surface area contributed by atoms with Crippen LogP contribution in [0.3, 0.4) is 0 Å². The number of carbonyl (C=O) groups is 2. The second-order valence-corrected chi connectivity index (χ2v) is 12.4. The van der Waals surface area contributed by atoms with E-state index in [0.29, 0.717) is 36.6 Å². The number of carbonyl (C=O) groups excluding carboxylic acids is 2. The summed E-state index contributed by atoms with van der Waals surface area (Å²) < 4.78 is 17.8. The standard InChI is InChI=1S/C33H28BrCl4N3O5/c1-19(46-29-11-10-24(36)16-27(29)38)32(42)40-28(13-20-6-4-3-5-7-20)33(43)41-39-17-21-12-25(34)31(30(14-21)44-2)45-18-22-8-9-23(35)15-26(22)37/h3-12,14-17,19,28H,13,18H2,1-2H3,(H,40,42)(H,41,43)/b39-17-/t19-,28+/m1/s1. The summed E-state index contributed by atoms with van der Waals surface area (Å²) in [5.41, 5.74) is 4.71. The minimum Gasteiger partial charge on any atom is -0.493 e. The number of amides is 2. The van der Waals surface area contributed by atoms with Gasteiger partial charge in [0.15, 0.2) is 17.6 Å². The summed E-state index contributed by atoms with van der Waals surface area (Å²) in [4.78, 5) is 26.3. The zero-order valence-corrected chi connectivity index (χ0v) is 29.1. The Hall–Kier alpha value is -3.47. The van der Waals surface area contributed by atoms with E-state index in [1.165, 1.54) is 19.4 Å². The Morgan fingerprint density at radius 2 is 1.59 bits per heavy atom. The van der Waals surface area contributed by atoms with Crippen LogP contribution in [0.15, 0.2) is 88.4 Å². The predicted octanol–water partition coefficient (Wildman–Crippen LogP) is 8.30. The molecule has 2 atom stereocenters. The molecule has 240 valence electrons. The van der Waals surface area contributed by atoms with Crippen molar-refractivity contribution >= 4 is 80.4 Å². The zero-order valence-electron chi connectivity index (χ0n) is 24.5. The van der Waals surface area contributed by atoms with Gasteiger partial charge in [-0.15, -0.1) is 0 Å². The van der Waals surface area contributed by atoms with Crippen LogP contribution in [0.4, 0.5) is 0 Å². The SMILES string of the molecule is COc1cc(/C=N\NC(=O)[C@H](Cc2ccccc2)NC(=O)[C@@H](C)Oc2ccc(Cl)cc2Cl)cc(Br)c1OCc1ccc(Cl)cc1Cl. The first kappa shape index (κ1) is 35.4.